The smallest absolute Gasteiger partial charge is 0.180 e. The molecule has 0 spiro atoms. The van der Waals surface area contributed by atoms with Gasteiger partial charge in [-0.25, -0.2) is 9.97 Å². The zero-order valence-electron chi connectivity index (χ0n) is 25.8. The maximum Gasteiger partial charge on any atom is 0.180 e. The maximum atomic E-state index is 6.41. The van der Waals surface area contributed by atoms with E-state index in [4.69, 9.17) is 9.40 Å². The Bertz CT molecular complexity index is 2830. The molecule has 3 heterocycles. The summed E-state index contributed by atoms with van der Waals surface area (Å²) in [6.07, 6.45) is 1.64. The average Bonchev–Trinajstić information content (AvgIpc) is 3.71. The third-order valence-electron chi connectivity index (χ3n) is 9.52. The van der Waals surface area contributed by atoms with Crippen LogP contribution in [0.3, 0.4) is 0 Å². The molecule has 4 nitrogen and oxygen atoms in total. The fourth-order valence-electron chi connectivity index (χ4n) is 7.25. The number of hydrogen-bond acceptors (Lipinski definition) is 3. The molecule has 0 aliphatic rings. The van der Waals surface area contributed by atoms with E-state index in [2.05, 4.69) is 161 Å². The molecule has 0 saturated heterocycles. The third-order valence-corrected chi connectivity index (χ3v) is 9.52. The largest absolute Gasteiger partial charge is 0.452 e. The van der Waals surface area contributed by atoms with Gasteiger partial charge in [0.15, 0.2) is 5.58 Å². The summed E-state index contributed by atoms with van der Waals surface area (Å²) in [5.74, 6) is 0. The van der Waals surface area contributed by atoms with E-state index in [1.54, 1.807) is 6.33 Å². The summed E-state index contributed by atoms with van der Waals surface area (Å²) in [4.78, 5) is 9.37. The third kappa shape index (κ3) is 4.10. The van der Waals surface area contributed by atoms with Crippen LogP contribution in [0.1, 0.15) is 0 Å². The van der Waals surface area contributed by atoms with Gasteiger partial charge in [-0.2, -0.15) is 0 Å². The Morgan fingerprint density at radius 3 is 2.00 bits per heavy atom. The molecule has 0 radical (unpaired) electrons. The zero-order chi connectivity index (χ0) is 31.6. The van der Waals surface area contributed by atoms with Crippen LogP contribution < -0.4 is 0 Å². The van der Waals surface area contributed by atoms with Crippen LogP contribution in [0.4, 0.5) is 0 Å². The lowest BCUT2D eigenvalue weighted by Gasteiger charge is -2.09. The molecule has 7 aromatic carbocycles. The van der Waals surface area contributed by atoms with E-state index in [1.807, 2.05) is 6.07 Å². The van der Waals surface area contributed by atoms with E-state index in [-0.39, 0.29) is 0 Å². The highest BCUT2D eigenvalue weighted by molar-refractivity contribution is 6.19. The van der Waals surface area contributed by atoms with E-state index < -0.39 is 0 Å². The summed E-state index contributed by atoms with van der Waals surface area (Å²) in [6, 6.07) is 55.9. The minimum Gasteiger partial charge on any atom is -0.452 e. The molecular weight excluding hydrogens is 587 g/mol. The van der Waals surface area contributed by atoms with Crippen LogP contribution >= 0.6 is 0 Å². The SMILES string of the molecule is c1ccc(-n2c3ccccc3c3cc(-c4ccc(-c5cccc(-c6ncnc7c6oc6ccc8ccccc8c67)c5)cc4)ccc32)cc1. The van der Waals surface area contributed by atoms with Gasteiger partial charge in [0.05, 0.1) is 16.4 Å². The summed E-state index contributed by atoms with van der Waals surface area (Å²) in [7, 11) is 0. The fraction of sp³-hybridized carbons (Fsp3) is 0. The second kappa shape index (κ2) is 10.5. The zero-order valence-corrected chi connectivity index (χ0v) is 25.8. The second-order valence-electron chi connectivity index (χ2n) is 12.2. The van der Waals surface area contributed by atoms with Gasteiger partial charge in [0.25, 0.3) is 0 Å². The monoisotopic (exact) mass is 613 g/mol. The number of para-hydroxylation sites is 2. The minimum atomic E-state index is 0.709. The predicted molar refractivity (Wildman–Crippen MR) is 197 cm³/mol. The van der Waals surface area contributed by atoms with Gasteiger partial charge in [-0.15, -0.1) is 0 Å². The van der Waals surface area contributed by atoms with Gasteiger partial charge in [-0.05, 0) is 75.5 Å². The summed E-state index contributed by atoms with van der Waals surface area (Å²) in [5, 5.41) is 5.83. The van der Waals surface area contributed by atoms with Crippen molar-refractivity contribution in [2.45, 2.75) is 0 Å². The Labute approximate surface area is 276 Å². The first-order chi connectivity index (χ1) is 23.8. The average molecular weight is 614 g/mol. The number of rotatable bonds is 4. The molecule has 0 fully saturated rings. The molecule has 0 amide bonds. The van der Waals surface area contributed by atoms with Gasteiger partial charge >= 0.3 is 0 Å². The number of fused-ring (bicyclic) bond motifs is 8. The van der Waals surface area contributed by atoms with Crippen molar-refractivity contribution in [2.24, 2.45) is 0 Å². The molecule has 0 N–H and O–H groups in total. The van der Waals surface area contributed by atoms with E-state index in [1.165, 1.54) is 38.6 Å². The highest BCUT2D eigenvalue weighted by Gasteiger charge is 2.17. The number of hydrogen-bond donors (Lipinski definition) is 0. The highest BCUT2D eigenvalue weighted by Crippen LogP contribution is 2.39. The van der Waals surface area contributed by atoms with Crippen molar-refractivity contribution in [2.75, 3.05) is 0 Å². The molecule has 0 aliphatic heterocycles. The summed E-state index contributed by atoms with van der Waals surface area (Å²) in [5.41, 5.74) is 12.4. The van der Waals surface area contributed by atoms with Crippen molar-refractivity contribution in [1.29, 1.82) is 0 Å². The van der Waals surface area contributed by atoms with Gasteiger partial charge in [0, 0.05) is 22.0 Å². The molecule has 4 heteroatoms. The molecule has 224 valence electrons. The molecular formula is C44H27N3O. The first kappa shape index (κ1) is 26.7. The number of nitrogens with zero attached hydrogens (tertiary/aromatic N) is 3. The van der Waals surface area contributed by atoms with Crippen molar-refractivity contribution in [3.63, 3.8) is 0 Å². The van der Waals surface area contributed by atoms with Crippen LogP contribution in [0.25, 0.3) is 93.8 Å². The first-order valence-electron chi connectivity index (χ1n) is 16.1. The Hall–Kier alpha value is -6.52. The van der Waals surface area contributed by atoms with Crippen LogP contribution in [-0.4, -0.2) is 14.5 Å². The molecule has 0 atom stereocenters. The summed E-state index contributed by atoms with van der Waals surface area (Å²) < 4.78 is 8.76. The van der Waals surface area contributed by atoms with E-state index in [0.29, 0.717) is 5.58 Å². The van der Waals surface area contributed by atoms with Crippen LogP contribution in [0.15, 0.2) is 168 Å². The van der Waals surface area contributed by atoms with Crippen molar-refractivity contribution in [3.05, 3.63) is 164 Å². The Morgan fingerprint density at radius 1 is 0.458 bits per heavy atom. The van der Waals surface area contributed by atoms with E-state index >= 15 is 0 Å². The topological polar surface area (TPSA) is 43.9 Å². The molecule has 10 rings (SSSR count). The number of benzene rings is 7. The lowest BCUT2D eigenvalue weighted by molar-refractivity contribution is 0.667. The van der Waals surface area contributed by atoms with E-state index in [9.17, 15) is 0 Å². The standard InChI is InChI=1S/C44H27N3O/c1-2-12-34(13-3-1)47-38-16-7-6-15-36(38)37-26-32(21-23-39(37)47)29-19-17-28(18-20-29)31-10-8-11-33(25-31)42-44-43(46-27-45-42)41-35-14-5-4-9-30(35)22-24-40(41)48-44/h1-27H. The van der Waals surface area contributed by atoms with Crippen molar-refractivity contribution in [3.8, 4) is 39.2 Å². The molecule has 0 saturated carbocycles. The minimum absolute atomic E-state index is 0.709. The maximum absolute atomic E-state index is 6.41. The van der Waals surface area contributed by atoms with Gasteiger partial charge in [-0.1, -0.05) is 115 Å². The Morgan fingerprint density at radius 2 is 1.15 bits per heavy atom. The summed E-state index contributed by atoms with van der Waals surface area (Å²) in [6.45, 7) is 0. The first-order valence-corrected chi connectivity index (χ1v) is 16.1. The van der Waals surface area contributed by atoms with Crippen LogP contribution in [0.5, 0.6) is 0 Å². The lowest BCUT2D eigenvalue weighted by Crippen LogP contribution is -1.92. The van der Waals surface area contributed by atoms with Crippen molar-refractivity contribution in [1.82, 2.24) is 14.5 Å². The van der Waals surface area contributed by atoms with Crippen molar-refractivity contribution >= 4 is 54.6 Å². The quantitative estimate of drug-likeness (QED) is 0.198. The van der Waals surface area contributed by atoms with Gasteiger partial charge in [-0.3, -0.25) is 0 Å². The lowest BCUT2D eigenvalue weighted by atomic mass is 9.97. The molecule has 0 unspecified atom stereocenters. The van der Waals surface area contributed by atoms with Crippen molar-refractivity contribution < 1.29 is 4.42 Å². The van der Waals surface area contributed by atoms with Crippen LogP contribution in [-0.2, 0) is 0 Å². The van der Waals surface area contributed by atoms with Crippen LogP contribution in [0.2, 0.25) is 0 Å². The Kier molecular flexibility index (Phi) is 5.84. The van der Waals surface area contributed by atoms with Gasteiger partial charge in [0.1, 0.15) is 23.1 Å². The Balaban J connectivity index is 1.03. The van der Waals surface area contributed by atoms with E-state index in [0.717, 1.165) is 49.6 Å². The molecule has 48 heavy (non-hydrogen) atoms. The summed E-state index contributed by atoms with van der Waals surface area (Å²) >= 11 is 0. The normalized spacial score (nSPS) is 11.8. The second-order valence-corrected chi connectivity index (χ2v) is 12.2. The fourth-order valence-corrected chi connectivity index (χ4v) is 7.25. The predicted octanol–water partition coefficient (Wildman–Crippen LogP) is 11.6. The molecule has 0 aliphatic carbocycles. The molecule has 10 aromatic rings. The van der Waals surface area contributed by atoms with Crippen LogP contribution in [0, 0.1) is 0 Å². The number of aromatic nitrogens is 3. The molecule has 0 bridgehead atoms. The highest BCUT2D eigenvalue weighted by atomic mass is 16.3. The molecule has 3 aromatic heterocycles. The van der Waals surface area contributed by atoms with Gasteiger partial charge < -0.3 is 8.98 Å². The number of furan rings is 1. The van der Waals surface area contributed by atoms with Gasteiger partial charge in [0.2, 0.25) is 0 Å².